The van der Waals surface area contributed by atoms with Gasteiger partial charge in [-0.3, -0.25) is 0 Å². The van der Waals surface area contributed by atoms with Gasteiger partial charge in [0.05, 0.1) is 0 Å². The molecule has 10 heteroatoms. The normalized spacial score (nSPS) is 13.5. The maximum atomic E-state index is 10.0. The molecule has 0 aromatic heterocycles. The zero-order valence-electron chi connectivity index (χ0n) is 4.88. The van der Waals surface area contributed by atoms with Crippen molar-refractivity contribution in [3.05, 3.63) is 4.91 Å². The van der Waals surface area contributed by atoms with Crippen molar-refractivity contribution < 1.29 is 40.2 Å². The van der Waals surface area contributed by atoms with E-state index in [1.807, 2.05) is 5.34 Å². The molecule has 0 saturated carbocycles. The molecule has 1 fully saturated rings. The third-order valence-electron chi connectivity index (χ3n) is 0.514. The third kappa shape index (κ3) is 5.06. The fraction of sp³-hybridized carbons (Fsp3) is 0. The average Bonchev–Trinajstić information content (AvgIpc) is 1.87. The van der Waals surface area contributed by atoms with Gasteiger partial charge in [0.15, 0.2) is 0 Å². The van der Waals surface area contributed by atoms with Gasteiger partial charge in [-0.2, -0.15) is 9.59 Å². The Kier molecular flexibility index (Phi) is 6.31. The predicted octanol–water partition coefficient (Wildman–Crippen LogP) is -1.07. The molecule has 0 amide bonds. The molecule has 0 aromatic carbocycles. The number of carbonyl (C=O) groups excluding carboxylic acids is 2. The fourth-order valence-corrected chi connectivity index (χ4v) is 2.69. The molecular formula is CAlNO7Ti. The minimum absolute atomic E-state index is 0.250. The summed E-state index contributed by atoms with van der Waals surface area (Å²) in [6, 6.07) is 0. The summed E-state index contributed by atoms with van der Waals surface area (Å²) in [5, 5.41) is 2.04. The first-order chi connectivity index (χ1) is 5.24. The van der Waals surface area contributed by atoms with Crippen LogP contribution in [0.4, 0.5) is 0 Å². The quantitative estimate of drug-likeness (QED) is 0.326. The van der Waals surface area contributed by atoms with E-state index in [0.29, 0.717) is 0 Å². The van der Waals surface area contributed by atoms with Crippen LogP contribution in [0.2, 0.25) is 0 Å². The molecule has 0 aromatic rings. The zero-order valence-corrected chi connectivity index (χ0v) is 7.60. The van der Waals surface area contributed by atoms with E-state index in [-0.39, 0.29) is 6.15 Å². The van der Waals surface area contributed by atoms with Crippen molar-refractivity contribution in [2.75, 3.05) is 0 Å². The molecule has 0 atom stereocenters. The molecule has 1 rings (SSSR count). The standard InChI is InChI=1S/CO2.Al.HNO2.3O.Ti/c2-1-3;;2-1-3;;;;/h;;(H,2,3);;;;/q;+1;;;;;/p-1. The average molecular weight is 213 g/mol. The molecule has 1 aliphatic rings. The number of nitrogens with zero attached hydrogens (tertiary/aromatic N) is 1. The van der Waals surface area contributed by atoms with E-state index in [9.17, 15) is 8.23 Å². The Balaban J connectivity index is 0.000000292. The molecule has 0 unspecified atom stereocenters. The summed E-state index contributed by atoms with van der Waals surface area (Å²) in [4.78, 5) is 25.5. The van der Waals surface area contributed by atoms with Crippen molar-refractivity contribution in [3.8, 4) is 0 Å². The van der Waals surface area contributed by atoms with Gasteiger partial charge in [-0.15, -0.1) is 0 Å². The van der Waals surface area contributed by atoms with Crippen LogP contribution in [-0.4, -0.2) is 21.3 Å². The van der Waals surface area contributed by atoms with E-state index >= 15 is 0 Å². The van der Waals surface area contributed by atoms with Crippen molar-refractivity contribution in [1.82, 2.24) is 0 Å². The number of hydrogen-bond donors (Lipinski definition) is 0. The van der Waals surface area contributed by atoms with Crippen LogP contribution in [0.15, 0.2) is 5.34 Å². The molecule has 1 aliphatic heterocycles. The molecule has 0 N–H and O–H groups in total. The molecule has 1 heterocycles. The Hall–Kier alpha value is -0.253. The Bertz CT molecular complexity index is 176. The summed E-state index contributed by atoms with van der Waals surface area (Å²) < 4.78 is 22.7. The second-order valence-electron chi connectivity index (χ2n) is 1.04. The van der Waals surface area contributed by atoms with E-state index in [4.69, 9.17) is 9.59 Å². The van der Waals surface area contributed by atoms with Gasteiger partial charge >= 0.3 is 62.1 Å². The monoisotopic (exact) mass is 213 g/mol. The van der Waals surface area contributed by atoms with Gasteiger partial charge in [0, 0.05) is 0 Å². The molecule has 58 valence electrons. The van der Waals surface area contributed by atoms with Crippen LogP contribution < -0.4 is 0 Å². The van der Waals surface area contributed by atoms with Crippen LogP contribution in [0, 0.1) is 4.91 Å². The van der Waals surface area contributed by atoms with Crippen molar-refractivity contribution in [1.29, 1.82) is 0 Å². The first-order valence-corrected chi connectivity index (χ1v) is 5.42. The van der Waals surface area contributed by atoms with Gasteiger partial charge in [0.25, 0.3) is 0 Å². The van der Waals surface area contributed by atoms with Crippen LogP contribution in [0.5, 0.6) is 0 Å². The van der Waals surface area contributed by atoms with E-state index in [1.165, 1.54) is 0 Å². The SMILES string of the molecule is O=C=O.O=N[O][Al]1[O][Ti](=[O])[O]1. The molecule has 11 heavy (non-hydrogen) atoms. The summed E-state index contributed by atoms with van der Waals surface area (Å²) in [7, 11) is 0. The molecular weight excluding hydrogens is 213 g/mol. The van der Waals surface area contributed by atoms with Crippen molar-refractivity contribution >= 4 is 21.3 Å². The molecule has 0 bridgehead atoms. The van der Waals surface area contributed by atoms with Gasteiger partial charge in [0.1, 0.15) is 0 Å². The summed E-state index contributed by atoms with van der Waals surface area (Å²) in [5.41, 5.74) is 0. The van der Waals surface area contributed by atoms with E-state index < -0.39 is 33.8 Å². The zero-order chi connectivity index (χ0) is 8.69. The Labute approximate surface area is 71.8 Å². The maximum absolute atomic E-state index is 10.0. The van der Waals surface area contributed by atoms with E-state index in [1.54, 1.807) is 0 Å². The first-order valence-electron chi connectivity index (χ1n) is 2.09. The van der Waals surface area contributed by atoms with Crippen molar-refractivity contribution in [2.24, 2.45) is 5.34 Å². The van der Waals surface area contributed by atoms with Gasteiger partial charge in [-0.05, 0) is 0 Å². The second kappa shape index (κ2) is 6.46. The van der Waals surface area contributed by atoms with Crippen molar-refractivity contribution in [2.45, 2.75) is 0 Å². The topological polar surface area (TPSA) is 108 Å². The van der Waals surface area contributed by atoms with Crippen LogP contribution in [0.3, 0.4) is 0 Å². The fourth-order valence-electron chi connectivity index (χ4n) is 0.244. The Morgan fingerprint density at radius 3 is 2.18 bits per heavy atom. The van der Waals surface area contributed by atoms with Crippen LogP contribution in [0.1, 0.15) is 0 Å². The third-order valence-corrected chi connectivity index (χ3v) is 5.15. The minimum atomic E-state index is -2.79. The molecule has 8 nitrogen and oxygen atoms in total. The van der Waals surface area contributed by atoms with E-state index in [0.717, 1.165) is 0 Å². The molecule has 0 aliphatic carbocycles. The Morgan fingerprint density at radius 2 is 1.91 bits per heavy atom. The molecule has 0 spiro atoms. The first kappa shape index (κ1) is 10.7. The second-order valence-corrected chi connectivity index (χ2v) is 5.29. The van der Waals surface area contributed by atoms with Gasteiger partial charge < -0.3 is 0 Å². The molecule has 0 radical (unpaired) electrons. The van der Waals surface area contributed by atoms with Gasteiger partial charge in [0.2, 0.25) is 0 Å². The van der Waals surface area contributed by atoms with Gasteiger partial charge in [-0.1, -0.05) is 0 Å². The summed E-state index contributed by atoms with van der Waals surface area (Å²) in [6.45, 7) is 0. The van der Waals surface area contributed by atoms with Crippen LogP contribution in [-0.2, 0) is 40.2 Å². The summed E-state index contributed by atoms with van der Waals surface area (Å²) in [5.74, 6) is 0. The number of rotatable bonds is 2. The summed E-state index contributed by atoms with van der Waals surface area (Å²) in [6.07, 6.45) is 0.250. The van der Waals surface area contributed by atoms with Crippen molar-refractivity contribution in [3.63, 3.8) is 0 Å². The predicted molar refractivity (Wildman–Crippen MR) is 20.5 cm³/mol. The summed E-state index contributed by atoms with van der Waals surface area (Å²) >= 11 is -5.07. The Morgan fingerprint density at radius 1 is 1.45 bits per heavy atom. The van der Waals surface area contributed by atoms with E-state index in [2.05, 4.69) is 8.63 Å². The van der Waals surface area contributed by atoms with Crippen LogP contribution in [0.25, 0.3) is 0 Å². The van der Waals surface area contributed by atoms with Crippen LogP contribution >= 0.6 is 0 Å². The molecule has 1 saturated heterocycles. The number of hydrogen-bond acceptors (Lipinski definition) is 8. The van der Waals surface area contributed by atoms with Gasteiger partial charge in [-0.25, -0.2) is 0 Å².